The summed E-state index contributed by atoms with van der Waals surface area (Å²) in [7, 11) is 0. The van der Waals surface area contributed by atoms with Gasteiger partial charge in [-0.15, -0.1) is 0 Å². The first-order valence-corrected chi connectivity index (χ1v) is 6.24. The summed E-state index contributed by atoms with van der Waals surface area (Å²) in [4.78, 5) is 24.0. The van der Waals surface area contributed by atoms with Crippen LogP contribution in [0.1, 0.15) is 47.5 Å². The van der Waals surface area contributed by atoms with Crippen molar-refractivity contribution >= 4 is 11.8 Å². The number of allylic oxidation sites excluding steroid dienone is 1. The summed E-state index contributed by atoms with van der Waals surface area (Å²) in [5.74, 6) is -0.306. The summed E-state index contributed by atoms with van der Waals surface area (Å²) in [6, 6.07) is 0. The van der Waals surface area contributed by atoms with E-state index in [4.69, 9.17) is 4.74 Å². The van der Waals surface area contributed by atoms with E-state index in [1.165, 1.54) is 0 Å². The molecule has 0 saturated heterocycles. The molecule has 0 unspecified atom stereocenters. The lowest BCUT2D eigenvalue weighted by atomic mass is 9.65. The Morgan fingerprint density at radius 1 is 1.41 bits per heavy atom. The number of ether oxygens (including phenoxy) is 1. The number of esters is 1. The molecule has 0 aromatic carbocycles. The van der Waals surface area contributed by atoms with Crippen molar-refractivity contribution in [1.82, 2.24) is 0 Å². The van der Waals surface area contributed by atoms with E-state index in [0.717, 1.165) is 11.1 Å². The second-order valence-corrected chi connectivity index (χ2v) is 5.29. The fourth-order valence-electron chi connectivity index (χ4n) is 2.80. The first kappa shape index (κ1) is 13.9. The van der Waals surface area contributed by atoms with Gasteiger partial charge in [0.15, 0.2) is 5.78 Å². The van der Waals surface area contributed by atoms with E-state index in [-0.39, 0.29) is 23.1 Å². The quantitative estimate of drug-likeness (QED) is 0.710. The Labute approximate surface area is 103 Å². The lowest BCUT2D eigenvalue weighted by Gasteiger charge is -2.38. The second kappa shape index (κ2) is 5.03. The Balaban J connectivity index is 3.18. The monoisotopic (exact) mass is 238 g/mol. The van der Waals surface area contributed by atoms with Crippen molar-refractivity contribution in [2.45, 2.75) is 47.5 Å². The van der Waals surface area contributed by atoms with Crippen molar-refractivity contribution < 1.29 is 14.3 Å². The van der Waals surface area contributed by atoms with Crippen LogP contribution in [0, 0.1) is 11.3 Å². The van der Waals surface area contributed by atoms with E-state index in [0.29, 0.717) is 19.4 Å². The molecule has 0 bridgehead atoms. The first-order valence-electron chi connectivity index (χ1n) is 6.24. The van der Waals surface area contributed by atoms with Crippen molar-refractivity contribution in [3.05, 3.63) is 11.1 Å². The highest BCUT2D eigenvalue weighted by Gasteiger charge is 2.44. The summed E-state index contributed by atoms with van der Waals surface area (Å²) in [6.45, 7) is 9.95. The van der Waals surface area contributed by atoms with Crippen LogP contribution < -0.4 is 0 Å². The van der Waals surface area contributed by atoms with Crippen LogP contribution in [-0.2, 0) is 14.3 Å². The van der Waals surface area contributed by atoms with Crippen molar-refractivity contribution in [2.75, 3.05) is 6.61 Å². The van der Waals surface area contributed by atoms with Crippen molar-refractivity contribution in [3.8, 4) is 0 Å². The third kappa shape index (κ3) is 2.59. The maximum Gasteiger partial charge on any atom is 0.313 e. The zero-order valence-corrected chi connectivity index (χ0v) is 11.4. The molecule has 0 aliphatic heterocycles. The topological polar surface area (TPSA) is 43.4 Å². The molecule has 17 heavy (non-hydrogen) atoms. The molecule has 0 aromatic heterocycles. The lowest BCUT2D eigenvalue weighted by Crippen LogP contribution is -2.39. The van der Waals surface area contributed by atoms with E-state index in [9.17, 15) is 9.59 Å². The van der Waals surface area contributed by atoms with Crippen molar-refractivity contribution in [1.29, 1.82) is 0 Å². The van der Waals surface area contributed by atoms with E-state index in [1.54, 1.807) is 6.92 Å². The van der Waals surface area contributed by atoms with Crippen molar-refractivity contribution in [3.63, 3.8) is 0 Å². The van der Waals surface area contributed by atoms with E-state index in [1.807, 2.05) is 27.7 Å². The SMILES string of the molecule is CCOC(=O)[C@H]1C(C)=C(CC)C(=O)CC1(C)C. The average Bonchev–Trinajstić information content (AvgIpc) is 2.15. The van der Waals surface area contributed by atoms with Gasteiger partial charge in [0.1, 0.15) is 0 Å². The fourth-order valence-corrected chi connectivity index (χ4v) is 2.80. The van der Waals surface area contributed by atoms with E-state index >= 15 is 0 Å². The molecule has 3 heteroatoms. The predicted octanol–water partition coefficient (Wildman–Crippen LogP) is 2.89. The Bertz CT molecular complexity index is 364. The minimum atomic E-state index is -0.341. The largest absolute Gasteiger partial charge is 0.466 e. The molecule has 0 fully saturated rings. The molecule has 96 valence electrons. The van der Waals surface area contributed by atoms with Crippen LogP contribution in [0.2, 0.25) is 0 Å². The highest BCUT2D eigenvalue weighted by atomic mass is 16.5. The van der Waals surface area contributed by atoms with Crippen LogP contribution in [0.25, 0.3) is 0 Å². The summed E-state index contributed by atoms with van der Waals surface area (Å²) >= 11 is 0. The molecule has 3 nitrogen and oxygen atoms in total. The van der Waals surface area contributed by atoms with Gasteiger partial charge < -0.3 is 4.74 Å². The molecule has 0 aromatic rings. The third-order valence-corrected chi connectivity index (χ3v) is 3.52. The molecule has 1 aliphatic carbocycles. The average molecular weight is 238 g/mol. The summed E-state index contributed by atoms with van der Waals surface area (Å²) in [5.41, 5.74) is 1.36. The molecule has 0 radical (unpaired) electrons. The molecule has 1 aliphatic rings. The van der Waals surface area contributed by atoms with Crippen LogP contribution in [0.5, 0.6) is 0 Å². The van der Waals surface area contributed by atoms with Gasteiger partial charge in [-0.2, -0.15) is 0 Å². The molecule has 0 saturated carbocycles. The van der Waals surface area contributed by atoms with Gasteiger partial charge in [0.2, 0.25) is 0 Å². The Morgan fingerprint density at radius 2 is 2.00 bits per heavy atom. The summed E-state index contributed by atoms with van der Waals surface area (Å²) < 4.78 is 5.13. The van der Waals surface area contributed by atoms with Crippen LogP contribution in [0.15, 0.2) is 11.1 Å². The van der Waals surface area contributed by atoms with Gasteiger partial charge in [-0.3, -0.25) is 9.59 Å². The Kier molecular flexibility index (Phi) is 4.12. The summed E-state index contributed by atoms with van der Waals surface area (Å²) in [6.07, 6.45) is 1.12. The van der Waals surface area contributed by atoms with E-state index in [2.05, 4.69) is 0 Å². The standard InChI is InChI=1S/C14H22O3/c1-6-10-9(3)12(13(16)17-7-2)14(4,5)8-11(10)15/h12H,6-8H2,1-5H3/t12-/m1/s1. The predicted molar refractivity (Wildman–Crippen MR) is 66.5 cm³/mol. The maximum absolute atomic E-state index is 12.0. The minimum Gasteiger partial charge on any atom is -0.466 e. The smallest absolute Gasteiger partial charge is 0.313 e. The zero-order valence-electron chi connectivity index (χ0n) is 11.4. The van der Waals surface area contributed by atoms with Crippen molar-refractivity contribution in [2.24, 2.45) is 11.3 Å². The van der Waals surface area contributed by atoms with Crippen LogP contribution in [0.4, 0.5) is 0 Å². The van der Waals surface area contributed by atoms with E-state index < -0.39 is 0 Å². The third-order valence-electron chi connectivity index (χ3n) is 3.52. The second-order valence-electron chi connectivity index (χ2n) is 5.29. The number of hydrogen-bond acceptors (Lipinski definition) is 3. The number of rotatable bonds is 3. The van der Waals surface area contributed by atoms with Gasteiger partial charge in [-0.05, 0) is 31.3 Å². The van der Waals surface area contributed by atoms with Gasteiger partial charge in [-0.25, -0.2) is 0 Å². The fraction of sp³-hybridized carbons (Fsp3) is 0.714. The van der Waals surface area contributed by atoms with Crippen LogP contribution >= 0.6 is 0 Å². The Hall–Kier alpha value is -1.12. The van der Waals surface area contributed by atoms with Crippen LogP contribution in [0.3, 0.4) is 0 Å². The minimum absolute atomic E-state index is 0.176. The van der Waals surface area contributed by atoms with Crippen LogP contribution in [-0.4, -0.2) is 18.4 Å². The summed E-state index contributed by atoms with van der Waals surface area (Å²) in [5, 5.41) is 0. The maximum atomic E-state index is 12.0. The first-order chi connectivity index (χ1) is 7.85. The number of Topliss-reactive ketones (excluding diaryl/α,β-unsaturated/α-hetero) is 1. The highest BCUT2D eigenvalue weighted by molar-refractivity contribution is 5.99. The van der Waals surface area contributed by atoms with Gasteiger partial charge in [0.25, 0.3) is 0 Å². The molecule has 0 N–H and O–H groups in total. The highest BCUT2D eigenvalue weighted by Crippen LogP contribution is 2.43. The molecule has 0 heterocycles. The Morgan fingerprint density at radius 3 is 2.47 bits per heavy atom. The molecule has 0 spiro atoms. The number of hydrogen-bond donors (Lipinski definition) is 0. The molecular weight excluding hydrogens is 216 g/mol. The van der Waals surface area contributed by atoms with Gasteiger partial charge >= 0.3 is 5.97 Å². The molecular formula is C14H22O3. The molecule has 1 atom stereocenters. The number of carbonyl (C=O) groups is 2. The number of ketones is 1. The normalized spacial score (nSPS) is 23.8. The van der Waals surface area contributed by atoms with Gasteiger partial charge in [0.05, 0.1) is 12.5 Å². The zero-order chi connectivity index (χ0) is 13.2. The molecule has 0 amide bonds. The van der Waals surface area contributed by atoms with Gasteiger partial charge in [-0.1, -0.05) is 26.3 Å². The molecule has 1 rings (SSSR count). The number of carbonyl (C=O) groups excluding carboxylic acids is 2. The van der Waals surface area contributed by atoms with Gasteiger partial charge in [0, 0.05) is 6.42 Å². The lowest BCUT2D eigenvalue weighted by molar-refractivity contribution is -0.151.